The number of carbonyl (C=O) groups excluding carboxylic acids is 1. The van der Waals surface area contributed by atoms with Crippen LogP contribution in [0, 0.1) is 0 Å². The number of ether oxygens (including phenoxy) is 1. The minimum absolute atomic E-state index is 0.0757. The molecule has 0 saturated heterocycles. The fraction of sp³-hybridized carbons (Fsp3) is 0.913. The van der Waals surface area contributed by atoms with Crippen LogP contribution in [0.5, 0.6) is 0 Å². The highest BCUT2D eigenvalue weighted by molar-refractivity contribution is 5.75. The van der Waals surface area contributed by atoms with Gasteiger partial charge in [0.1, 0.15) is 6.04 Å². The monoisotopic (exact) mass is 399 g/mol. The van der Waals surface area contributed by atoms with Gasteiger partial charge in [0, 0.05) is 6.42 Å². The number of aliphatic carboxylic acids is 1. The summed E-state index contributed by atoms with van der Waals surface area (Å²) in [7, 11) is 0. The average molecular weight is 400 g/mol. The Labute approximate surface area is 172 Å². The number of carboxylic acid groups (broad SMARTS) is 1. The van der Waals surface area contributed by atoms with Crippen molar-refractivity contribution in [1.29, 1.82) is 0 Å². The van der Waals surface area contributed by atoms with Crippen LogP contribution in [0.3, 0.4) is 0 Å². The molecular formula is C23H45NO4. The van der Waals surface area contributed by atoms with Gasteiger partial charge in [-0.25, -0.2) is 0 Å². The average Bonchev–Trinajstić information content (AvgIpc) is 2.68. The maximum atomic E-state index is 11.5. The van der Waals surface area contributed by atoms with Gasteiger partial charge < -0.3 is 15.6 Å². The van der Waals surface area contributed by atoms with Gasteiger partial charge in [-0.05, 0) is 12.8 Å². The Kier molecular flexibility index (Phi) is 19.8. The third-order valence-corrected chi connectivity index (χ3v) is 5.24. The molecule has 0 aliphatic heterocycles. The quantitative estimate of drug-likeness (QED) is 0.183. The van der Waals surface area contributed by atoms with E-state index in [1.165, 1.54) is 89.9 Å². The number of carbonyl (C=O) groups is 2. The zero-order chi connectivity index (χ0) is 20.9. The molecule has 0 aromatic rings. The molecule has 1 atom stereocenters. The van der Waals surface area contributed by atoms with Gasteiger partial charge in [0.25, 0.3) is 0 Å². The van der Waals surface area contributed by atoms with Crippen molar-refractivity contribution in [2.45, 2.75) is 129 Å². The lowest BCUT2D eigenvalue weighted by Crippen LogP contribution is -2.30. The van der Waals surface area contributed by atoms with E-state index in [-0.39, 0.29) is 18.8 Å². The van der Waals surface area contributed by atoms with Crippen LogP contribution in [0.4, 0.5) is 0 Å². The van der Waals surface area contributed by atoms with Crippen LogP contribution in [0.25, 0.3) is 0 Å². The molecule has 5 nitrogen and oxygen atoms in total. The van der Waals surface area contributed by atoms with Crippen molar-refractivity contribution < 1.29 is 19.4 Å². The number of unbranched alkanes of at least 4 members (excludes halogenated alkanes) is 15. The van der Waals surface area contributed by atoms with Crippen molar-refractivity contribution in [1.82, 2.24) is 0 Å². The predicted octanol–water partition coefficient (Wildman–Crippen LogP) is 5.98. The first-order valence-electron chi connectivity index (χ1n) is 11.7. The summed E-state index contributed by atoms with van der Waals surface area (Å²) in [5.74, 6) is -1.43. The Balaban J connectivity index is 3.17. The SMILES string of the molecule is CCCCCCCCCCCCCCCCCCOC(=O)CCC(N)C(=O)O. The number of nitrogens with two attached hydrogens (primary N) is 1. The fourth-order valence-corrected chi connectivity index (χ4v) is 3.31. The molecule has 0 fully saturated rings. The minimum Gasteiger partial charge on any atom is -0.480 e. The maximum Gasteiger partial charge on any atom is 0.320 e. The summed E-state index contributed by atoms with van der Waals surface area (Å²) in [6.45, 7) is 2.70. The van der Waals surface area contributed by atoms with E-state index < -0.39 is 12.0 Å². The van der Waals surface area contributed by atoms with Crippen molar-refractivity contribution in [3.05, 3.63) is 0 Å². The Morgan fingerprint density at radius 3 is 1.54 bits per heavy atom. The minimum atomic E-state index is -1.08. The first-order chi connectivity index (χ1) is 13.6. The molecule has 0 aliphatic carbocycles. The summed E-state index contributed by atoms with van der Waals surface area (Å²) >= 11 is 0. The summed E-state index contributed by atoms with van der Waals surface area (Å²) in [5, 5.41) is 8.65. The molecular weight excluding hydrogens is 354 g/mol. The molecule has 0 rings (SSSR count). The van der Waals surface area contributed by atoms with Crippen molar-refractivity contribution in [2.24, 2.45) is 5.73 Å². The Morgan fingerprint density at radius 1 is 0.750 bits per heavy atom. The maximum absolute atomic E-state index is 11.5. The van der Waals surface area contributed by atoms with Gasteiger partial charge in [-0.3, -0.25) is 9.59 Å². The molecule has 0 radical (unpaired) electrons. The van der Waals surface area contributed by atoms with Gasteiger partial charge in [0.2, 0.25) is 0 Å². The van der Waals surface area contributed by atoms with Gasteiger partial charge in [-0.15, -0.1) is 0 Å². The van der Waals surface area contributed by atoms with Crippen LogP contribution in [0.15, 0.2) is 0 Å². The second kappa shape index (κ2) is 20.6. The fourth-order valence-electron chi connectivity index (χ4n) is 3.31. The van der Waals surface area contributed by atoms with Crippen LogP contribution < -0.4 is 5.73 Å². The lowest BCUT2D eigenvalue weighted by molar-refractivity contribution is -0.144. The lowest BCUT2D eigenvalue weighted by Gasteiger charge is -2.07. The van der Waals surface area contributed by atoms with Crippen molar-refractivity contribution in [3.63, 3.8) is 0 Å². The zero-order valence-corrected chi connectivity index (χ0v) is 18.3. The first-order valence-corrected chi connectivity index (χ1v) is 11.7. The number of carboxylic acids is 1. The predicted molar refractivity (Wildman–Crippen MR) is 115 cm³/mol. The molecule has 28 heavy (non-hydrogen) atoms. The van der Waals surface area contributed by atoms with Crippen LogP contribution in [-0.2, 0) is 14.3 Å². The second-order valence-corrected chi connectivity index (χ2v) is 8.01. The Hall–Kier alpha value is -1.10. The highest BCUT2D eigenvalue weighted by Gasteiger charge is 2.13. The molecule has 0 spiro atoms. The van der Waals surface area contributed by atoms with E-state index in [1.54, 1.807) is 0 Å². The first kappa shape index (κ1) is 26.9. The van der Waals surface area contributed by atoms with E-state index >= 15 is 0 Å². The highest BCUT2D eigenvalue weighted by Crippen LogP contribution is 2.13. The van der Waals surface area contributed by atoms with Gasteiger partial charge in [0.15, 0.2) is 0 Å². The summed E-state index contributed by atoms with van der Waals surface area (Å²) < 4.78 is 5.10. The second-order valence-electron chi connectivity index (χ2n) is 8.01. The molecule has 166 valence electrons. The summed E-state index contributed by atoms with van der Waals surface area (Å²) in [4.78, 5) is 22.0. The van der Waals surface area contributed by atoms with Gasteiger partial charge in [-0.2, -0.15) is 0 Å². The van der Waals surface area contributed by atoms with Crippen molar-refractivity contribution in [2.75, 3.05) is 6.61 Å². The zero-order valence-electron chi connectivity index (χ0n) is 18.3. The molecule has 0 aromatic carbocycles. The van der Waals surface area contributed by atoms with E-state index in [9.17, 15) is 9.59 Å². The van der Waals surface area contributed by atoms with E-state index in [0.717, 1.165) is 12.8 Å². The lowest BCUT2D eigenvalue weighted by atomic mass is 10.0. The molecule has 0 bridgehead atoms. The topological polar surface area (TPSA) is 89.6 Å². The standard InChI is InChI=1S/C23H45NO4/c1-2-3-4-5-6-7-8-9-10-11-12-13-14-15-16-17-20-28-22(25)19-18-21(24)23(26)27/h21H,2-20,24H2,1H3,(H,26,27). The molecule has 1 unspecified atom stereocenters. The highest BCUT2D eigenvalue weighted by atomic mass is 16.5. The summed E-state index contributed by atoms with van der Waals surface area (Å²) in [5.41, 5.74) is 5.35. The Morgan fingerprint density at radius 2 is 1.14 bits per heavy atom. The number of rotatable bonds is 21. The number of hydrogen-bond acceptors (Lipinski definition) is 4. The van der Waals surface area contributed by atoms with E-state index in [4.69, 9.17) is 15.6 Å². The van der Waals surface area contributed by atoms with Crippen molar-refractivity contribution >= 4 is 11.9 Å². The molecule has 0 heterocycles. The molecule has 5 heteroatoms. The summed E-state index contributed by atoms with van der Waals surface area (Å²) in [6.07, 6.45) is 21.3. The van der Waals surface area contributed by atoms with E-state index in [1.807, 2.05) is 0 Å². The molecule has 0 saturated carbocycles. The number of hydrogen-bond donors (Lipinski definition) is 2. The smallest absolute Gasteiger partial charge is 0.320 e. The third kappa shape index (κ3) is 19.7. The van der Waals surface area contributed by atoms with Gasteiger partial charge in [0.05, 0.1) is 6.61 Å². The van der Waals surface area contributed by atoms with Crippen LogP contribution in [-0.4, -0.2) is 29.7 Å². The normalized spacial score (nSPS) is 12.1. The summed E-state index contributed by atoms with van der Waals surface area (Å²) in [6, 6.07) is -0.983. The van der Waals surface area contributed by atoms with Gasteiger partial charge >= 0.3 is 11.9 Å². The van der Waals surface area contributed by atoms with Gasteiger partial charge in [-0.1, -0.05) is 103 Å². The van der Waals surface area contributed by atoms with Crippen LogP contribution in [0.1, 0.15) is 122 Å². The largest absolute Gasteiger partial charge is 0.480 e. The molecule has 3 N–H and O–H groups in total. The van der Waals surface area contributed by atoms with Crippen LogP contribution in [0.2, 0.25) is 0 Å². The van der Waals surface area contributed by atoms with E-state index in [0.29, 0.717) is 6.61 Å². The van der Waals surface area contributed by atoms with Crippen LogP contribution >= 0.6 is 0 Å². The molecule has 0 amide bonds. The third-order valence-electron chi connectivity index (χ3n) is 5.24. The Bertz CT molecular complexity index is 374. The number of esters is 1. The molecule has 0 aliphatic rings. The van der Waals surface area contributed by atoms with Crippen molar-refractivity contribution in [3.8, 4) is 0 Å². The van der Waals surface area contributed by atoms with E-state index in [2.05, 4.69) is 6.92 Å². The molecule has 0 aromatic heterocycles.